The Balaban J connectivity index is 1.73. The van der Waals surface area contributed by atoms with E-state index in [4.69, 9.17) is 11.6 Å². The molecule has 0 amide bonds. The highest BCUT2D eigenvalue weighted by Gasteiger charge is 2.45. The number of aliphatic hydroxyl groups excluding tert-OH is 1. The van der Waals surface area contributed by atoms with E-state index in [2.05, 4.69) is 64.7 Å². The van der Waals surface area contributed by atoms with Crippen molar-refractivity contribution in [1.29, 1.82) is 0 Å². The molecule has 0 aromatic heterocycles. The summed E-state index contributed by atoms with van der Waals surface area (Å²) < 4.78 is 0. The van der Waals surface area contributed by atoms with E-state index in [1.165, 1.54) is 18.4 Å². The Morgan fingerprint density at radius 2 is 2.03 bits per heavy atom. The maximum absolute atomic E-state index is 10.6. The molecule has 178 valence electrons. The van der Waals surface area contributed by atoms with Crippen LogP contribution in [0.15, 0.2) is 59.3 Å². The van der Waals surface area contributed by atoms with Crippen molar-refractivity contribution >= 4 is 11.6 Å². The van der Waals surface area contributed by atoms with E-state index in [1.54, 1.807) is 5.57 Å². The molecule has 0 bridgehead atoms. The largest absolute Gasteiger partial charge is 0.393 e. The highest BCUT2D eigenvalue weighted by molar-refractivity contribution is 6.22. The molecule has 3 aliphatic rings. The number of halogens is 1. The lowest BCUT2D eigenvalue weighted by Crippen LogP contribution is -2.32. The summed E-state index contributed by atoms with van der Waals surface area (Å²) in [6.07, 6.45) is 19.4. The number of hydrogen-bond acceptors (Lipinski definition) is 2. The predicted molar refractivity (Wildman–Crippen MR) is 137 cm³/mol. The third-order valence-corrected chi connectivity index (χ3v) is 9.01. The summed E-state index contributed by atoms with van der Waals surface area (Å²) in [5.41, 5.74) is 4.79. The fraction of sp³-hybridized carbons (Fsp3) is 0.655. The molecule has 3 heteroatoms. The van der Waals surface area contributed by atoms with Gasteiger partial charge in [-0.25, -0.2) is 0 Å². The zero-order valence-corrected chi connectivity index (χ0v) is 21.3. The van der Waals surface area contributed by atoms with Crippen LogP contribution in [0.2, 0.25) is 0 Å². The molecule has 0 aromatic rings. The maximum atomic E-state index is 10.6. The minimum Gasteiger partial charge on any atom is -0.393 e. The highest BCUT2D eigenvalue weighted by Crippen LogP contribution is 2.56. The predicted octanol–water partition coefficient (Wildman–Crippen LogP) is 7.43. The summed E-state index contributed by atoms with van der Waals surface area (Å²) in [5.74, 6) is 0.946. The first-order chi connectivity index (χ1) is 15.1. The van der Waals surface area contributed by atoms with Crippen LogP contribution in [0.5, 0.6) is 0 Å². The van der Waals surface area contributed by atoms with Crippen LogP contribution in [0.4, 0.5) is 0 Å². The molecule has 0 saturated heterocycles. The van der Waals surface area contributed by atoms with Crippen molar-refractivity contribution in [2.45, 2.75) is 103 Å². The number of aliphatic hydroxyl groups is 2. The molecule has 5 unspecified atom stereocenters. The topological polar surface area (TPSA) is 40.5 Å². The average molecular weight is 459 g/mol. The third kappa shape index (κ3) is 5.34. The van der Waals surface area contributed by atoms with Crippen molar-refractivity contribution in [3.8, 4) is 0 Å². The van der Waals surface area contributed by atoms with Crippen molar-refractivity contribution in [2.24, 2.45) is 17.3 Å². The van der Waals surface area contributed by atoms with E-state index in [-0.39, 0.29) is 16.9 Å². The normalized spacial score (nSPS) is 34.9. The molecule has 5 atom stereocenters. The second kappa shape index (κ2) is 10.5. The number of allylic oxidation sites excluding steroid dienone is 7. The molecule has 0 radical (unpaired) electrons. The molecule has 0 aromatic carbocycles. The third-order valence-electron chi connectivity index (χ3n) is 8.56. The van der Waals surface area contributed by atoms with Crippen LogP contribution in [0.3, 0.4) is 0 Å². The quantitative estimate of drug-likeness (QED) is 0.307. The highest BCUT2D eigenvalue weighted by atomic mass is 35.5. The molecule has 0 spiro atoms. The van der Waals surface area contributed by atoms with Gasteiger partial charge in [0.05, 0.1) is 17.1 Å². The van der Waals surface area contributed by atoms with Gasteiger partial charge in [-0.3, -0.25) is 0 Å². The molecule has 2 saturated carbocycles. The molecule has 32 heavy (non-hydrogen) atoms. The molecule has 0 heterocycles. The lowest BCUT2D eigenvalue weighted by molar-refractivity contribution is 0.0352. The van der Waals surface area contributed by atoms with Gasteiger partial charge in [0.15, 0.2) is 0 Å². The van der Waals surface area contributed by atoms with Gasteiger partial charge in [-0.15, -0.1) is 11.6 Å². The zero-order valence-electron chi connectivity index (χ0n) is 20.5. The van der Waals surface area contributed by atoms with E-state index in [9.17, 15) is 10.2 Å². The SMILES string of the molecule is C=C1C(=CC=C2CCCC3(C)C(C(C)C=CCC(O)(CC)CC)=CCC23)CC(O)CC1Cl. The van der Waals surface area contributed by atoms with Gasteiger partial charge in [0.2, 0.25) is 0 Å². The van der Waals surface area contributed by atoms with Crippen LogP contribution in [0.25, 0.3) is 0 Å². The van der Waals surface area contributed by atoms with E-state index in [0.717, 1.165) is 43.3 Å². The monoisotopic (exact) mass is 458 g/mol. The molecule has 3 aliphatic carbocycles. The van der Waals surface area contributed by atoms with Crippen LogP contribution in [-0.4, -0.2) is 27.3 Å². The standard InChI is InChI=1S/C29H43ClO2/c1-6-29(32,7-2)17-8-10-20(3)25-14-15-26-22(11-9-16-28(25,26)5)12-13-23-18-24(31)19-27(30)21(23)4/h8,10,12-14,20,24,26-27,31-32H,4,6-7,9,11,15-19H2,1-3,5H3. The molecule has 3 rings (SSSR count). The van der Waals surface area contributed by atoms with E-state index in [1.807, 2.05) is 0 Å². The minimum absolute atomic E-state index is 0.162. The number of fused-ring (bicyclic) bond motifs is 1. The fourth-order valence-electron chi connectivity index (χ4n) is 6.13. The molecule has 0 aliphatic heterocycles. The van der Waals surface area contributed by atoms with Gasteiger partial charge in [-0.2, -0.15) is 0 Å². The Bertz CT molecular complexity index is 813. The summed E-state index contributed by atoms with van der Waals surface area (Å²) >= 11 is 6.38. The maximum Gasteiger partial charge on any atom is 0.0676 e. The van der Waals surface area contributed by atoms with Gasteiger partial charge in [0, 0.05) is 0 Å². The van der Waals surface area contributed by atoms with Crippen molar-refractivity contribution in [1.82, 2.24) is 0 Å². The zero-order chi connectivity index (χ0) is 23.5. The Kier molecular flexibility index (Phi) is 8.34. The molecular weight excluding hydrogens is 416 g/mol. The molecule has 2 N–H and O–H groups in total. The summed E-state index contributed by atoms with van der Waals surface area (Å²) in [6, 6.07) is 0. The van der Waals surface area contributed by atoms with Crippen molar-refractivity contribution in [3.63, 3.8) is 0 Å². The summed E-state index contributed by atoms with van der Waals surface area (Å²) in [5, 5.41) is 20.6. The molecule has 2 nitrogen and oxygen atoms in total. The van der Waals surface area contributed by atoms with Gasteiger partial charge in [-0.1, -0.05) is 75.8 Å². The van der Waals surface area contributed by atoms with Gasteiger partial charge < -0.3 is 10.2 Å². The number of alkyl halides is 1. The van der Waals surface area contributed by atoms with E-state index in [0.29, 0.717) is 24.7 Å². The smallest absolute Gasteiger partial charge is 0.0676 e. The van der Waals surface area contributed by atoms with Gasteiger partial charge >= 0.3 is 0 Å². The first-order valence-electron chi connectivity index (χ1n) is 12.6. The van der Waals surface area contributed by atoms with Crippen LogP contribution in [0.1, 0.15) is 85.5 Å². The second-order valence-electron chi connectivity index (χ2n) is 10.6. The second-order valence-corrected chi connectivity index (χ2v) is 11.1. The van der Waals surface area contributed by atoms with Crippen LogP contribution in [-0.2, 0) is 0 Å². The van der Waals surface area contributed by atoms with Crippen molar-refractivity contribution < 1.29 is 10.2 Å². The molecule has 2 fully saturated rings. The van der Waals surface area contributed by atoms with E-state index < -0.39 is 5.60 Å². The average Bonchev–Trinajstić information content (AvgIpc) is 3.12. The molecular formula is C29H43ClO2. The summed E-state index contributed by atoms with van der Waals surface area (Å²) in [4.78, 5) is 0. The van der Waals surface area contributed by atoms with Gasteiger partial charge in [-0.05, 0) is 86.2 Å². The lowest BCUT2D eigenvalue weighted by Gasteiger charge is -2.42. The van der Waals surface area contributed by atoms with Crippen molar-refractivity contribution in [3.05, 3.63) is 59.3 Å². The van der Waals surface area contributed by atoms with E-state index >= 15 is 0 Å². The van der Waals surface area contributed by atoms with Crippen LogP contribution < -0.4 is 0 Å². The Hall–Kier alpha value is -1.09. The fourth-order valence-corrected chi connectivity index (χ4v) is 6.47. The lowest BCUT2D eigenvalue weighted by atomic mass is 9.62. The Morgan fingerprint density at radius 3 is 2.72 bits per heavy atom. The van der Waals surface area contributed by atoms with Crippen molar-refractivity contribution in [2.75, 3.05) is 0 Å². The number of rotatable bonds is 7. The van der Waals surface area contributed by atoms with Crippen LogP contribution in [0, 0.1) is 17.3 Å². The number of hydrogen-bond donors (Lipinski definition) is 2. The first kappa shape index (κ1) is 25.5. The Morgan fingerprint density at radius 1 is 1.31 bits per heavy atom. The first-order valence-corrected chi connectivity index (χ1v) is 13.1. The van der Waals surface area contributed by atoms with Gasteiger partial charge in [0.1, 0.15) is 0 Å². The summed E-state index contributed by atoms with van der Waals surface area (Å²) in [7, 11) is 0. The minimum atomic E-state index is -0.570. The van der Waals surface area contributed by atoms with Gasteiger partial charge in [0.25, 0.3) is 0 Å². The Labute approximate surface area is 200 Å². The summed E-state index contributed by atoms with van der Waals surface area (Å²) in [6.45, 7) is 13.1. The van der Waals surface area contributed by atoms with Crippen LogP contribution >= 0.6 is 11.6 Å².